The summed E-state index contributed by atoms with van der Waals surface area (Å²) in [6.07, 6.45) is 0. The van der Waals surface area contributed by atoms with Gasteiger partial charge in [0.15, 0.2) is 0 Å². The normalized spacial score (nSPS) is 27.2. The second kappa shape index (κ2) is 4.96. The zero-order valence-electron chi connectivity index (χ0n) is 9.89. The minimum absolute atomic E-state index is 0.213. The Morgan fingerprint density at radius 1 is 1.59 bits per heavy atom. The molecule has 2 heterocycles. The SMILES string of the molecule is CC1CN(C(C)c2ccc(Cl)s2)CC1C(=O)O. The van der Waals surface area contributed by atoms with Crippen molar-refractivity contribution in [1.29, 1.82) is 0 Å². The Morgan fingerprint density at radius 2 is 2.29 bits per heavy atom. The highest BCUT2D eigenvalue weighted by molar-refractivity contribution is 7.16. The minimum atomic E-state index is -0.684. The van der Waals surface area contributed by atoms with Crippen molar-refractivity contribution in [2.45, 2.75) is 19.9 Å². The van der Waals surface area contributed by atoms with E-state index in [4.69, 9.17) is 16.7 Å². The zero-order valence-corrected chi connectivity index (χ0v) is 11.5. The molecule has 0 aromatic carbocycles. The van der Waals surface area contributed by atoms with Crippen LogP contribution >= 0.6 is 22.9 Å². The molecule has 2 rings (SSSR count). The van der Waals surface area contributed by atoms with E-state index in [-0.39, 0.29) is 17.9 Å². The Hall–Kier alpha value is -0.580. The van der Waals surface area contributed by atoms with Gasteiger partial charge in [-0.15, -0.1) is 11.3 Å². The molecule has 1 aliphatic heterocycles. The van der Waals surface area contributed by atoms with Gasteiger partial charge in [-0.3, -0.25) is 9.69 Å². The Labute approximate surface area is 110 Å². The summed E-state index contributed by atoms with van der Waals surface area (Å²) >= 11 is 7.49. The molecule has 5 heteroatoms. The highest BCUT2D eigenvalue weighted by atomic mass is 35.5. The van der Waals surface area contributed by atoms with E-state index in [2.05, 4.69) is 11.8 Å². The molecular weight excluding hydrogens is 258 g/mol. The average Bonchev–Trinajstić information content (AvgIpc) is 2.83. The number of aliphatic carboxylic acids is 1. The van der Waals surface area contributed by atoms with Gasteiger partial charge in [0.1, 0.15) is 0 Å². The van der Waals surface area contributed by atoms with Crippen LogP contribution in [0.15, 0.2) is 12.1 Å². The third kappa shape index (κ3) is 2.64. The van der Waals surface area contributed by atoms with Gasteiger partial charge in [0.25, 0.3) is 0 Å². The van der Waals surface area contributed by atoms with Gasteiger partial charge in [-0.1, -0.05) is 18.5 Å². The molecule has 1 saturated heterocycles. The molecule has 1 N–H and O–H groups in total. The van der Waals surface area contributed by atoms with Gasteiger partial charge in [0.2, 0.25) is 0 Å². The lowest BCUT2D eigenvalue weighted by atomic mass is 9.99. The largest absolute Gasteiger partial charge is 0.481 e. The van der Waals surface area contributed by atoms with Crippen LogP contribution in [-0.4, -0.2) is 29.1 Å². The number of thiophene rings is 1. The molecule has 0 saturated carbocycles. The monoisotopic (exact) mass is 273 g/mol. The number of carbonyl (C=O) groups is 1. The molecule has 3 nitrogen and oxygen atoms in total. The average molecular weight is 274 g/mol. The van der Waals surface area contributed by atoms with Crippen LogP contribution in [0, 0.1) is 11.8 Å². The molecule has 1 aromatic heterocycles. The smallest absolute Gasteiger partial charge is 0.308 e. The number of carboxylic acid groups (broad SMARTS) is 1. The topological polar surface area (TPSA) is 40.5 Å². The van der Waals surface area contributed by atoms with Gasteiger partial charge in [0.05, 0.1) is 10.3 Å². The first-order valence-corrected chi connectivity index (χ1v) is 6.90. The molecule has 1 fully saturated rings. The van der Waals surface area contributed by atoms with Crippen LogP contribution < -0.4 is 0 Å². The number of likely N-dealkylation sites (tertiary alicyclic amines) is 1. The lowest BCUT2D eigenvalue weighted by Crippen LogP contribution is -2.25. The quantitative estimate of drug-likeness (QED) is 0.920. The summed E-state index contributed by atoms with van der Waals surface area (Å²) in [5.74, 6) is -0.713. The fraction of sp³-hybridized carbons (Fsp3) is 0.583. The molecular formula is C12H16ClNO2S. The minimum Gasteiger partial charge on any atom is -0.481 e. The van der Waals surface area contributed by atoms with E-state index >= 15 is 0 Å². The van der Waals surface area contributed by atoms with Crippen molar-refractivity contribution in [3.8, 4) is 0 Å². The zero-order chi connectivity index (χ0) is 12.6. The van der Waals surface area contributed by atoms with Gasteiger partial charge in [-0.25, -0.2) is 0 Å². The Balaban J connectivity index is 2.07. The lowest BCUT2D eigenvalue weighted by Gasteiger charge is -2.22. The van der Waals surface area contributed by atoms with Crippen molar-refractivity contribution in [1.82, 2.24) is 4.90 Å². The van der Waals surface area contributed by atoms with Crippen molar-refractivity contribution in [2.75, 3.05) is 13.1 Å². The van der Waals surface area contributed by atoms with Gasteiger partial charge >= 0.3 is 5.97 Å². The second-order valence-corrected chi connectivity index (χ2v) is 6.44. The standard InChI is InChI=1S/C12H16ClNO2S/c1-7-5-14(6-9(7)12(15)16)8(2)10-3-4-11(13)17-10/h3-4,7-9H,5-6H2,1-2H3,(H,15,16). The molecule has 1 aromatic rings. The molecule has 3 unspecified atom stereocenters. The maximum atomic E-state index is 11.1. The highest BCUT2D eigenvalue weighted by Crippen LogP contribution is 2.35. The number of carboxylic acids is 1. The fourth-order valence-electron chi connectivity index (χ4n) is 2.37. The van der Waals surface area contributed by atoms with E-state index in [0.29, 0.717) is 6.54 Å². The maximum Gasteiger partial charge on any atom is 0.308 e. The first-order valence-electron chi connectivity index (χ1n) is 5.71. The van der Waals surface area contributed by atoms with E-state index in [1.807, 2.05) is 19.1 Å². The van der Waals surface area contributed by atoms with E-state index < -0.39 is 5.97 Å². The predicted molar refractivity (Wildman–Crippen MR) is 69.6 cm³/mol. The van der Waals surface area contributed by atoms with Crippen LogP contribution in [-0.2, 0) is 4.79 Å². The van der Waals surface area contributed by atoms with Crippen molar-refractivity contribution in [3.05, 3.63) is 21.3 Å². The summed E-state index contributed by atoms with van der Waals surface area (Å²) in [4.78, 5) is 14.5. The van der Waals surface area contributed by atoms with Crippen LogP contribution in [0.25, 0.3) is 0 Å². The van der Waals surface area contributed by atoms with E-state index in [1.165, 1.54) is 4.88 Å². The van der Waals surface area contributed by atoms with Gasteiger partial charge in [0, 0.05) is 24.0 Å². The van der Waals surface area contributed by atoms with E-state index in [9.17, 15) is 4.79 Å². The highest BCUT2D eigenvalue weighted by Gasteiger charge is 2.37. The van der Waals surface area contributed by atoms with Gasteiger partial charge in [-0.2, -0.15) is 0 Å². The fourth-order valence-corrected chi connectivity index (χ4v) is 3.52. The van der Waals surface area contributed by atoms with Crippen LogP contribution in [0.4, 0.5) is 0 Å². The summed E-state index contributed by atoms with van der Waals surface area (Å²) in [5, 5.41) is 9.11. The number of hydrogen-bond acceptors (Lipinski definition) is 3. The number of nitrogens with zero attached hydrogens (tertiary/aromatic N) is 1. The Morgan fingerprint density at radius 3 is 2.76 bits per heavy atom. The molecule has 0 aliphatic carbocycles. The maximum absolute atomic E-state index is 11.1. The number of halogens is 1. The van der Waals surface area contributed by atoms with E-state index in [0.717, 1.165) is 10.9 Å². The van der Waals surface area contributed by atoms with Crippen LogP contribution in [0.5, 0.6) is 0 Å². The molecule has 0 amide bonds. The predicted octanol–water partition coefficient (Wildman–Crippen LogP) is 3.12. The van der Waals surface area contributed by atoms with Crippen molar-refractivity contribution >= 4 is 28.9 Å². The first kappa shape index (κ1) is 12.9. The number of hydrogen-bond donors (Lipinski definition) is 1. The lowest BCUT2D eigenvalue weighted by molar-refractivity contribution is -0.142. The summed E-state index contributed by atoms with van der Waals surface area (Å²) < 4.78 is 0.786. The summed E-state index contributed by atoms with van der Waals surface area (Å²) in [5.41, 5.74) is 0. The number of rotatable bonds is 3. The van der Waals surface area contributed by atoms with Crippen molar-refractivity contribution in [3.63, 3.8) is 0 Å². The van der Waals surface area contributed by atoms with Crippen molar-refractivity contribution in [2.24, 2.45) is 11.8 Å². The van der Waals surface area contributed by atoms with Gasteiger partial charge < -0.3 is 5.11 Å². The second-order valence-electron chi connectivity index (χ2n) is 4.69. The Kier molecular flexibility index (Phi) is 3.76. The van der Waals surface area contributed by atoms with Crippen LogP contribution in [0.3, 0.4) is 0 Å². The van der Waals surface area contributed by atoms with Gasteiger partial charge in [-0.05, 0) is 25.0 Å². The summed E-state index contributed by atoms with van der Waals surface area (Å²) in [6.45, 7) is 5.59. The first-order chi connectivity index (χ1) is 7.99. The summed E-state index contributed by atoms with van der Waals surface area (Å²) in [6, 6.07) is 4.17. The Bertz CT molecular complexity index is 420. The third-order valence-electron chi connectivity index (χ3n) is 3.51. The molecule has 0 radical (unpaired) electrons. The molecule has 1 aliphatic rings. The van der Waals surface area contributed by atoms with Crippen molar-refractivity contribution < 1.29 is 9.90 Å². The van der Waals surface area contributed by atoms with Crippen LogP contribution in [0.1, 0.15) is 24.8 Å². The molecule has 94 valence electrons. The third-order valence-corrected chi connectivity index (χ3v) is 4.91. The molecule has 0 spiro atoms. The molecule has 17 heavy (non-hydrogen) atoms. The molecule has 0 bridgehead atoms. The van der Waals surface area contributed by atoms with E-state index in [1.54, 1.807) is 11.3 Å². The molecule has 3 atom stereocenters. The summed E-state index contributed by atoms with van der Waals surface area (Å²) in [7, 11) is 0. The van der Waals surface area contributed by atoms with Crippen LogP contribution in [0.2, 0.25) is 4.34 Å².